The third-order valence-corrected chi connectivity index (χ3v) is 4.72. The van der Waals surface area contributed by atoms with Crippen molar-refractivity contribution in [2.24, 2.45) is 0 Å². The molecule has 1 aromatic heterocycles. The molecule has 1 aromatic carbocycles. The van der Waals surface area contributed by atoms with Crippen LogP contribution >= 0.6 is 0 Å². The van der Waals surface area contributed by atoms with Gasteiger partial charge in [0.15, 0.2) is 0 Å². The second-order valence-corrected chi connectivity index (χ2v) is 6.19. The molecule has 1 atom stereocenters. The maximum Gasteiger partial charge on any atom is 0.230 e. The molecule has 1 aliphatic heterocycles. The molecule has 1 unspecified atom stereocenters. The van der Waals surface area contributed by atoms with Gasteiger partial charge in [-0.1, -0.05) is 19.1 Å². The first-order valence-electron chi connectivity index (χ1n) is 8.53. The summed E-state index contributed by atoms with van der Waals surface area (Å²) in [7, 11) is 1.62. The highest BCUT2D eigenvalue weighted by Crippen LogP contribution is 2.30. The minimum absolute atomic E-state index is 0.141. The Labute approximate surface area is 142 Å². The van der Waals surface area contributed by atoms with E-state index in [1.165, 1.54) is 0 Å². The van der Waals surface area contributed by atoms with Crippen LogP contribution in [0.1, 0.15) is 37.6 Å². The lowest BCUT2D eigenvalue weighted by atomic mass is 10.1. The Hall–Kier alpha value is -2.30. The fraction of sp³-hybridized carbons (Fsp3) is 0.474. The van der Waals surface area contributed by atoms with Gasteiger partial charge in [0.05, 0.1) is 24.8 Å². The van der Waals surface area contributed by atoms with Crippen molar-refractivity contribution in [3.05, 3.63) is 35.7 Å². The number of carbonyl (C=O) groups excluding carboxylic acids is 1. The smallest absolute Gasteiger partial charge is 0.230 e. The van der Waals surface area contributed by atoms with Gasteiger partial charge in [0, 0.05) is 12.6 Å². The predicted octanol–water partition coefficient (Wildman–Crippen LogP) is 3.60. The molecular formula is C19H24N2O3. The number of para-hydroxylation sites is 1. The highest BCUT2D eigenvalue weighted by atomic mass is 16.5. The molecule has 0 N–H and O–H groups in total. The summed E-state index contributed by atoms with van der Waals surface area (Å²) in [5, 5.41) is 0. The van der Waals surface area contributed by atoms with Crippen LogP contribution in [-0.4, -0.2) is 35.5 Å². The summed E-state index contributed by atoms with van der Waals surface area (Å²) in [6, 6.07) is 7.97. The number of ether oxygens (including phenoxy) is 1. The summed E-state index contributed by atoms with van der Waals surface area (Å²) in [5.74, 6) is 2.04. The zero-order valence-electron chi connectivity index (χ0n) is 14.5. The van der Waals surface area contributed by atoms with Gasteiger partial charge in [-0.3, -0.25) is 4.79 Å². The van der Waals surface area contributed by atoms with Gasteiger partial charge in [0.2, 0.25) is 11.8 Å². The van der Waals surface area contributed by atoms with Crippen LogP contribution < -0.4 is 4.74 Å². The van der Waals surface area contributed by atoms with Gasteiger partial charge in [-0.2, -0.15) is 0 Å². The molecular weight excluding hydrogens is 304 g/mol. The molecule has 0 bridgehead atoms. The van der Waals surface area contributed by atoms with E-state index in [2.05, 4.69) is 11.9 Å². The fourth-order valence-electron chi connectivity index (χ4n) is 3.36. The number of aryl methyl sites for hydroxylation is 1. The molecule has 2 aromatic rings. The second kappa shape index (κ2) is 7.07. The first-order valence-corrected chi connectivity index (χ1v) is 8.53. The first kappa shape index (κ1) is 16.6. The van der Waals surface area contributed by atoms with Crippen LogP contribution in [-0.2, 0) is 11.2 Å². The van der Waals surface area contributed by atoms with E-state index in [0.29, 0.717) is 35.6 Å². The largest absolute Gasteiger partial charge is 0.496 e. The van der Waals surface area contributed by atoms with Gasteiger partial charge in [0.25, 0.3) is 0 Å². The summed E-state index contributed by atoms with van der Waals surface area (Å²) in [6.07, 6.45) is 3.50. The highest BCUT2D eigenvalue weighted by Gasteiger charge is 2.28. The summed E-state index contributed by atoms with van der Waals surface area (Å²) >= 11 is 0. The van der Waals surface area contributed by atoms with Crippen LogP contribution in [0.25, 0.3) is 11.5 Å². The van der Waals surface area contributed by atoms with Crippen molar-refractivity contribution in [2.45, 2.75) is 45.6 Å². The van der Waals surface area contributed by atoms with Crippen LogP contribution in [0, 0.1) is 6.92 Å². The number of amides is 1. The summed E-state index contributed by atoms with van der Waals surface area (Å²) < 4.78 is 11.2. The Morgan fingerprint density at radius 3 is 2.96 bits per heavy atom. The van der Waals surface area contributed by atoms with E-state index >= 15 is 0 Å². The molecule has 0 spiro atoms. The molecule has 5 heteroatoms. The van der Waals surface area contributed by atoms with Gasteiger partial charge < -0.3 is 14.1 Å². The number of hydrogen-bond acceptors (Lipinski definition) is 4. The normalized spacial score (nSPS) is 17.3. The molecule has 1 fully saturated rings. The van der Waals surface area contributed by atoms with E-state index in [1.54, 1.807) is 7.11 Å². The van der Waals surface area contributed by atoms with Crippen LogP contribution in [0.2, 0.25) is 0 Å². The second-order valence-electron chi connectivity index (χ2n) is 6.19. The number of oxazole rings is 1. The average Bonchev–Trinajstić information content (AvgIpc) is 3.21. The molecule has 0 saturated carbocycles. The summed E-state index contributed by atoms with van der Waals surface area (Å²) in [6.45, 7) is 4.85. The van der Waals surface area contributed by atoms with E-state index in [9.17, 15) is 4.79 Å². The maximum absolute atomic E-state index is 12.6. The molecule has 3 rings (SSSR count). The average molecular weight is 328 g/mol. The first-order chi connectivity index (χ1) is 11.6. The predicted molar refractivity (Wildman–Crippen MR) is 92.0 cm³/mol. The molecule has 1 saturated heterocycles. The van der Waals surface area contributed by atoms with Gasteiger partial charge in [-0.25, -0.2) is 4.98 Å². The number of aromatic nitrogens is 1. The number of hydrogen-bond donors (Lipinski definition) is 0. The van der Waals surface area contributed by atoms with Crippen molar-refractivity contribution in [1.82, 2.24) is 9.88 Å². The van der Waals surface area contributed by atoms with Crippen LogP contribution in [0.4, 0.5) is 0 Å². The summed E-state index contributed by atoms with van der Waals surface area (Å²) in [4.78, 5) is 19.2. The van der Waals surface area contributed by atoms with Crippen LogP contribution in [0.5, 0.6) is 5.75 Å². The Bertz CT molecular complexity index is 723. The zero-order valence-corrected chi connectivity index (χ0v) is 14.5. The number of carbonyl (C=O) groups is 1. The van der Waals surface area contributed by atoms with Gasteiger partial charge in [0.1, 0.15) is 11.5 Å². The molecule has 128 valence electrons. The fourth-order valence-corrected chi connectivity index (χ4v) is 3.36. The zero-order chi connectivity index (χ0) is 17.1. The van der Waals surface area contributed by atoms with Crippen molar-refractivity contribution < 1.29 is 13.9 Å². The van der Waals surface area contributed by atoms with Crippen molar-refractivity contribution in [3.8, 4) is 17.2 Å². The molecule has 2 heterocycles. The summed E-state index contributed by atoms with van der Waals surface area (Å²) in [5.41, 5.74) is 1.51. The SMILES string of the molecule is CCC1CCCN1C(=O)Cc1nc(-c2ccccc2OC)oc1C. The minimum Gasteiger partial charge on any atom is -0.496 e. The number of nitrogens with zero attached hydrogens (tertiary/aromatic N) is 2. The molecule has 1 aliphatic rings. The van der Waals surface area contributed by atoms with E-state index in [1.807, 2.05) is 36.1 Å². The van der Waals surface area contributed by atoms with E-state index in [-0.39, 0.29) is 5.91 Å². The lowest BCUT2D eigenvalue weighted by molar-refractivity contribution is -0.131. The van der Waals surface area contributed by atoms with E-state index in [4.69, 9.17) is 9.15 Å². The van der Waals surface area contributed by atoms with Crippen LogP contribution in [0.15, 0.2) is 28.7 Å². The Balaban J connectivity index is 1.81. The number of benzene rings is 1. The standard InChI is InChI=1S/C19H24N2O3/c1-4-14-8-7-11-21(14)18(22)12-16-13(2)24-19(20-16)15-9-5-6-10-17(15)23-3/h5-6,9-10,14H,4,7-8,11-12H2,1-3H3. The quantitative estimate of drug-likeness (QED) is 0.841. The van der Waals surface area contributed by atoms with Crippen molar-refractivity contribution in [3.63, 3.8) is 0 Å². The van der Waals surface area contributed by atoms with Crippen molar-refractivity contribution in [2.75, 3.05) is 13.7 Å². The highest BCUT2D eigenvalue weighted by molar-refractivity contribution is 5.79. The Morgan fingerprint density at radius 2 is 2.21 bits per heavy atom. The van der Waals surface area contributed by atoms with Gasteiger partial charge in [-0.15, -0.1) is 0 Å². The van der Waals surface area contributed by atoms with Crippen molar-refractivity contribution >= 4 is 5.91 Å². The topological polar surface area (TPSA) is 55.6 Å². The third-order valence-electron chi connectivity index (χ3n) is 4.72. The van der Waals surface area contributed by atoms with E-state index < -0.39 is 0 Å². The number of likely N-dealkylation sites (tertiary alicyclic amines) is 1. The molecule has 5 nitrogen and oxygen atoms in total. The number of rotatable bonds is 5. The lowest BCUT2D eigenvalue weighted by Gasteiger charge is -2.23. The molecule has 1 amide bonds. The minimum atomic E-state index is 0.141. The molecule has 24 heavy (non-hydrogen) atoms. The molecule has 0 aliphatic carbocycles. The molecule has 0 radical (unpaired) electrons. The third kappa shape index (κ3) is 3.16. The van der Waals surface area contributed by atoms with Crippen LogP contribution in [0.3, 0.4) is 0 Å². The monoisotopic (exact) mass is 328 g/mol. The Morgan fingerprint density at radius 1 is 1.42 bits per heavy atom. The number of methoxy groups -OCH3 is 1. The Kier molecular flexibility index (Phi) is 4.88. The van der Waals surface area contributed by atoms with Gasteiger partial charge in [-0.05, 0) is 38.3 Å². The van der Waals surface area contributed by atoms with Crippen molar-refractivity contribution in [1.29, 1.82) is 0 Å². The van der Waals surface area contributed by atoms with Gasteiger partial charge >= 0.3 is 0 Å². The lowest BCUT2D eigenvalue weighted by Crippen LogP contribution is -2.36. The maximum atomic E-state index is 12.6. The van der Waals surface area contributed by atoms with E-state index in [0.717, 1.165) is 31.4 Å².